The molecule has 0 aromatic carbocycles. The molecule has 0 aromatic heterocycles. The smallest absolute Gasteiger partial charge is 0.462 e. The quantitative estimate of drug-likeness (QED) is 0.0222. The predicted octanol–water partition coefficient (Wildman–Crippen LogP) is 23.0. The summed E-state index contributed by atoms with van der Waals surface area (Å²) in [6, 6.07) is 0. The zero-order valence-electron chi connectivity index (χ0n) is 63.5. The van der Waals surface area contributed by atoms with Crippen LogP contribution in [0.4, 0.5) is 0 Å². The minimum absolute atomic E-state index is 0.105. The van der Waals surface area contributed by atoms with Gasteiger partial charge in [0, 0.05) is 25.7 Å². The lowest BCUT2D eigenvalue weighted by molar-refractivity contribution is -0.161. The molecule has 0 rings (SSSR count). The molecular formula is C78H152O17P2. The number of phosphoric acid groups is 2. The molecule has 0 saturated carbocycles. The standard InChI is InChI=1S/C78H152O17P2/c1-8-11-12-13-14-38-45-52-59-75(80)88-65-73(95-78(83)62-55-48-41-34-33-37-44-51-58-71(7)10-3)67-92-96(84,85)90-63-72(79)64-91-97(86,87)93-68-74(66-89-76(81)60-53-46-39-31-27-23-20-19-22-26-30-36-43-50-57-70(6)9-2)94-77(82)61-54-47-40-32-28-24-18-16-15-17-21-25-29-35-42-49-56-69(4)5/h69-74,79H,8-68H2,1-7H3,(H,84,85)(H,86,87)/t70?,71?,72-,73+,74+/m0/s1. The van der Waals surface area contributed by atoms with Crippen molar-refractivity contribution in [1.29, 1.82) is 0 Å². The summed E-state index contributed by atoms with van der Waals surface area (Å²) in [4.78, 5) is 72.8. The lowest BCUT2D eigenvalue weighted by Crippen LogP contribution is -2.30. The minimum atomic E-state index is -4.96. The van der Waals surface area contributed by atoms with Crippen LogP contribution in [0.3, 0.4) is 0 Å². The molecule has 0 aromatic rings. The zero-order valence-corrected chi connectivity index (χ0v) is 65.3. The van der Waals surface area contributed by atoms with Crippen molar-refractivity contribution >= 4 is 39.5 Å². The van der Waals surface area contributed by atoms with Crippen LogP contribution >= 0.6 is 15.6 Å². The molecule has 0 aliphatic rings. The maximum atomic E-state index is 13.1. The van der Waals surface area contributed by atoms with Crippen LogP contribution in [0.2, 0.25) is 0 Å². The summed E-state index contributed by atoms with van der Waals surface area (Å²) in [6.07, 6.45) is 55.5. The largest absolute Gasteiger partial charge is 0.472 e. The average molecular weight is 1420 g/mol. The number of carbonyl (C=O) groups is 4. The first kappa shape index (κ1) is 95.1. The Morgan fingerprint density at radius 2 is 0.526 bits per heavy atom. The lowest BCUT2D eigenvalue weighted by Gasteiger charge is -2.21. The van der Waals surface area contributed by atoms with E-state index in [4.69, 9.17) is 37.0 Å². The van der Waals surface area contributed by atoms with Crippen molar-refractivity contribution in [2.45, 2.75) is 420 Å². The molecule has 0 aliphatic carbocycles. The molecule has 17 nitrogen and oxygen atoms in total. The van der Waals surface area contributed by atoms with Gasteiger partial charge in [0.2, 0.25) is 0 Å². The molecule has 0 saturated heterocycles. The molecule has 0 aliphatic heterocycles. The van der Waals surface area contributed by atoms with Crippen LogP contribution in [0, 0.1) is 17.8 Å². The topological polar surface area (TPSA) is 237 Å². The third-order valence-corrected chi connectivity index (χ3v) is 20.8. The van der Waals surface area contributed by atoms with E-state index in [1.165, 1.54) is 205 Å². The van der Waals surface area contributed by atoms with Crippen molar-refractivity contribution in [2.24, 2.45) is 17.8 Å². The fourth-order valence-corrected chi connectivity index (χ4v) is 13.5. The van der Waals surface area contributed by atoms with E-state index in [0.29, 0.717) is 25.7 Å². The Morgan fingerprint density at radius 1 is 0.299 bits per heavy atom. The van der Waals surface area contributed by atoms with Crippen LogP contribution in [0.5, 0.6) is 0 Å². The van der Waals surface area contributed by atoms with Gasteiger partial charge in [0.15, 0.2) is 12.2 Å². The molecule has 4 unspecified atom stereocenters. The van der Waals surface area contributed by atoms with Crippen molar-refractivity contribution in [3.8, 4) is 0 Å². The van der Waals surface area contributed by atoms with Crippen molar-refractivity contribution in [3.05, 3.63) is 0 Å². The molecular weight excluding hydrogens is 1270 g/mol. The normalized spacial score (nSPS) is 14.6. The number of esters is 4. The Kier molecular flexibility index (Phi) is 67.1. The summed E-state index contributed by atoms with van der Waals surface area (Å²) in [5.74, 6) is 0.310. The van der Waals surface area contributed by atoms with Crippen LogP contribution in [-0.2, 0) is 65.4 Å². The summed E-state index contributed by atoms with van der Waals surface area (Å²) >= 11 is 0. The summed E-state index contributed by atoms with van der Waals surface area (Å²) < 4.78 is 68.5. The van der Waals surface area contributed by atoms with Gasteiger partial charge in [-0.15, -0.1) is 0 Å². The van der Waals surface area contributed by atoms with Gasteiger partial charge in [0.05, 0.1) is 26.4 Å². The SMILES string of the molecule is CCCCCCCCCCC(=O)OC[C@H](COP(=O)(O)OC[C@H](O)COP(=O)(O)OC[C@@H](COC(=O)CCCCCCCCCCCCCCCCC(C)CC)OC(=O)CCCCCCCCCCCCCCCCCCC(C)C)OC(=O)CCCCCCCCCCC(C)CC. The molecule has 3 N–H and O–H groups in total. The number of phosphoric ester groups is 2. The van der Waals surface area contributed by atoms with Crippen LogP contribution in [0.25, 0.3) is 0 Å². The van der Waals surface area contributed by atoms with Gasteiger partial charge in [0.25, 0.3) is 0 Å². The number of ether oxygens (including phenoxy) is 4. The summed E-state index contributed by atoms with van der Waals surface area (Å²) in [6.45, 7) is 12.0. The van der Waals surface area contributed by atoms with Gasteiger partial charge in [-0.3, -0.25) is 37.3 Å². The summed E-state index contributed by atoms with van der Waals surface area (Å²) in [5, 5.41) is 10.6. The fourth-order valence-electron chi connectivity index (χ4n) is 11.9. The van der Waals surface area contributed by atoms with Crippen LogP contribution in [0.15, 0.2) is 0 Å². The van der Waals surface area contributed by atoms with E-state index in [9.17, 15) is 43.2 Å². The van der Waals surface area contributed by atoms with Gasteiger partial charge in [-0.05, 0) is 43.4 Å². The second kappa shape index (κ2) is 68.5. The van der Waals surface area contributed by atoms with Crippen molar-refractivity contribution < 1.29 is 80.2 Å². The van der Waals surface area contributed by atoms with Gasteiger partial charge < -0.3 is 33.8 Å². The highest BCUT2D eigenvalue weighted by molar-refractivity contribution is 7.47. The van der Waals surface area contributed by atoms with Gasteiger partial charge in [-0.2, -0.15) is 0 Å². The lowest BCUT2D eigenvalue weighted by atomic mass is 9.99. The van der Waals surface area contributed by atoms with E-state index < -0.39 is 97.5 Å². The van der Waals surface area contributed by atoms with Gasteiger partial charge >= 0.3 is 39.5 Å². The fraction of sp³-hybridized carbons (Fsp3) is 0.949. The number of unbranched alkanes of at least 4 members (excludes halogenated alkanes) is 42. The van der Waals surface area contributed by atoms with E-state index in [0.717, 1.165) is 114 Å². The van der Waals surface area contributed by atoms with E-state index in [-0.39, 0.29) is 25.7 Å². The molecule has 576 valence electrons. The summed E-state index contributed by atoms with van der Waals surface area (Å²) in [7, 11) is -9.91. The second-order valence-corrected chi connectivity index (χ2v) is 32.0. The highest BCUT2D eigenvalue weighted by Crippen LogP contribution is 2.45. The number of rotatable bonds is 76. The van der Waals surface area contributed by atoms with Crippen molar-refractivity contribution in [2.75, 3.05) is 39.6 Å². The molecule has 0 heterocycles. The van der Waals surface area contributed by atoms with Gasteiger partial charge in [-0.25, -0.2) is 9.13 Å². The third-order valence-electron chi connectivity index (χ3n) is 18.9. The number of aliphatic hydroxyl groups is 1. The second-order valence-electron chi connectivity index (χ2n) is 29.1. The molecule has 0 bridgehead atoms. The average Bonchev–Trinajstić information content (AvgIpc) is 3.53. The summed E-state index contributed by atoms with van der Waals surface area (Å²) in [5.41, 5.74) is 0. The van der Waals surface area contributed by atoms with Crippen LogP contribution in [0.1, 0.15) is 402 Å². The zero-order chi connectivity index (χ0) is 71.6. The minimum Gasteiger partial charge on any atom is -0.462 e. The number of hydrogen-bond acceptors (Lipinski definition) is 15. The van der Waals surface area contributed by atoms with E-state index in [1.807, 2.05) is 0 Å². The molecule has 7 atom stereocenters. The highest BCUT2D eigenvalue weighted by Gasteiger charge is 2.30. The van der Waals surface area contributed by atoms with Crippen molar-refractivity contribution in [3.63, 3.8) is 0 Å². The Bertz CT molecular complexity index is 1890. The Labute approximate surface area is 594 Å². The third kappa shape index (κ3) is 69.5. The van der Waals surface area contributed by atoms with E-state index >= 15 is 0 Å². The molecule has 0 spiro atoms. The molecule has 0 fully saturated rings. The molecule has 0 amide bonds. The first-order chi connectivity index (χ1) is 46.8. The number of hydrogen-bond donors (Lipinski definition) is 3. The molecule has 0 radical (unpaired) electrons. The Morgan fingerprint density at radius 3 is 0.784 bits per heavy atom. The Balaban J connectivity index is 5.21. The van der Waals surface area contributed by atoms with Crippen molar-refractivity contribution in [1.82, 2.24) is 0 Å². The maximum Gasteiger partial charge on any atom is 0.472 e. The first-order valence-corrected chi connectivity index (χ1v) is 43.4. The maximum absolute atomic E-state index is 13.1. The van der Waals surface area contributed by atoms with E-state index in [2.05, 4.69) is 48.5 Å². The first-order valence-electron chi connectivity index (χ1n) is 40.4. The van der Waals surface area contributed by atoms with E-state index in [1.54, 1.807) is 0 Å². The van der Waals surface area contributed by atoms with Gasteiger partial charge in [-0.1, -0.05) is 350 Å². The molecule has 97 heavy (non-hydrogen) atoms. The number of aliphatic hydroxyl groups excluding tert-OH is 1. The molecule has 19 heteroatoms. The predicted molar refractivity (Wildman–Crippen MR) is 395 cm³/mol. The Hall–Kier alpha value is -1.94. The van der Waals surface area contributed by atoms with Gasteiger partial charge in [0.1, 0.15) is 19.3 Å². The van der Waals surface area contributed by atoms with Crippen LogP contribution in [-0.4, -0.2) is 96.7 Å². The van der Waals surface area contributed by atoms with Crippen LogP contribution < -0.4 is 0 Å². The highest BCUT2D eigenvalue weighted by atomic mass is 31.2. The monoisotopic (exact) mass is 1420 g/mol. The number of carbonyl (C=O) groups excluding carboxylic acids is 4.